The first kappa shape index (κ1) is 11.4. The van der Waals surface area contributed by atoms with Gasteiger partial charge in [0.15, 0.2) is 10.7 Å². The van der Waals surface area contributed by atoms with Crippen LogP contribution in [0, 0.1) is 0 Å². The molecule has 1 aromatic rings. The summed E-state index contributed by atoms with van der Waals surface area (Å²) in [4.78, 5) is 10.8. The lowest BCUT2D eigenvalue weighted by molar-refractivity contribution is -0.124. The molecule has 80 valence electrons. The quantitative estimate of drug-likeness (QED) is 0.297. The van der Waals surface area contributed by atoms with Gasteiger partial charge in [-0.15, -0.1) is 0 Å². The van der Waals surface area contributed by atoms with Crippen molar-refractivity contribution in [1.82, 2.24) is 5.48 Å². The normalized spacial score (nSPS) is 10.8. The van der Waals surface area contributed by atoms with Crippen molar-refractivity contribution in [2.75, 3.05) is 0 Å². The zero-order valence-corrected chi connectivity index (χ0v) is 8.48. The molecule has 0 aromatic heterocycles. The number of amides is 1. The Morgan fingerprint density at radius 2 is 2.13 bits per heavy atom. The predicted molar refractivity (Wildman–Crippen MR) is 54.0 cm³/mol. The maximum Gasteiger partial charge on any atom is 0.267 e. The smallest absolute Gasteiger partial charge is 0.267 e. The Morgan fingerprint density at radius 3 is 2.73 bits per heavy atom. The van der Waals surface area contributed by atoms with Crippen molar-refractivity contribution in [3.8, 4) is 0 Å². The van der Waals surface area contributed by atoms with Gasteiger partial charge in [0, 0.05) is 6.08 Å². The molecular weight excluding hydrogens is 218 g/mol. The molecule has 0 unspecified atom stereocenters. The number of carbonyl (C=O) groups excluding carboxylic acids is 1. The van der Waals surface area contributed by atoms with Gasteiger partial charge in [0.05, 0.1) is 4.90 Å². The number of rotatable bonds is 3. The van der Waals surface area contributed by atoms with Gasteiger partial charge in [-0.3, -0.25) is 10.0 Å². The summed E-state index contributed by atoms with van der Waals surface area (Å²) in [6.07, 6.45) is 2.49. The van der Waals surface area contributed by atoms with Crippen LogP contribution in [0.25, 0.3) is 6.08 Å². The maximum atomic E-state index is 10.6. The Bertz CT molecular complexity index is 457. The average Bonchev–Trinajstić information content (AvgIpc) is 2.26. The highest BCUT2D eigenvalue weighted by Crippen LogP contribution is 2.07. The van der Waals surface area contributed by atoms with Crippen LogP contribution in [0.3, 0.4) is 0 Å². The van der Waals surface area contributed by atoms with E-state index in [4.69, 9.17) is 5.21 Å². The second-order valence-electron chi connectivity index (χ2n) is 2.66. The third-order valence-electron chi connectivity index (χ3n) is 1.62. The molecule has 0 saturated heterocycles. The standard InChI is InChI=1S/C9H9NO4S/c11-9(10-12)5-4-7-2-1-3-8(6-7)15(13)14/h1-6,12,15H,(H,10,11)/b5-4+. The molecule has 0 radical (unpaired) electrons. The van der Waals surface area contributed by atoms with E-state index < -0.39 is 16.6 Å². The molecule has 6 heteroatoms. The lowest BCUT2D eigenvalue weighted by atomic mass is 10.2. The van der Waals surface area contributed by atoms with Crippen LogP contribution in [0.15, 0.2) is 35.2 Å². The molecule has 0 fully saturated rings. The molecule has 0 saturated carbocycles. The van der Waals surface area contributed by atoms with Crippen LogP contribution in [0.2, 0.25) is 0 Å². The summed E-state index contributed by atoms with van der Waals surface area (Å²) in [6.45, 7) is 0. The topological polar surface area (TPSA) is 83.5 Å². The molecular formula is C9H9NO4S. The molecule has 1 aromatic carbocycles. The van der Waals surface area contributed by atoms with Gasteiger partial charge in [0.2, 0.25) is 0 Å². The molecule has 5 nitrogen and oxygen atoms in total. The highest BCUT2D eigenvalue weighted by atomic mass is 32.2. The Labute approximate surface area is 88.0 Å². The highest BCUT2D eigenvalue weighted by molar-refractivity contribution is 7.72. The van der Waals surface area contributed by atoms with Crippen molar-refractivity contribution in [1.29, 1.82) is 0 Å². The van der Waals surface area contributed by atoms with Crippen LogP contribution < -0.4 is 5.48 Å². The molecule has 2 N–H and O–H groups in total. The van der Waals surface area contributed by atoms with Crippen molar-refractivity contribution >= 4 is 22.7 Å². The Balaban J connectivity index is 2.92. The van der Waals surface area contributed by atoms with E-state index in [2.05, 4.69) is 0 Å². The summed E-state index contributed by atoms with van der Waals surface area (Å²) in [7, 11) is -2.63. The van der Waals surface area contributed by atoms with Gasteiger partial charge >= 0.3 is 0 Å². The molecule has 0 heterocycles. The fraction of sp³-hybridized carbons (Fsp3) is 0. The van der Waals surface area contributed by atoms with E-state index in [9.17, 15) is 13.2 Å². The fourth-order valence-electron chi connectivity index (χ4n) is 0.951. The second kappa shape index (κ2) is 5.28. The van der Waals surface area contributed by atoms with Crippen molar-refractivity contribution in [2.24, 2.45) is 0 Å². The Morgan fingerprint density at radius 1 is 1.40 bits per heavy atom. The summed E-state index contributed by atoms with van der Waals surface area (Å²) < 4.78 is 21.3. The van der Waals surface area contributed by atoms with E-state index >= 15 is 0 Å². The van der Waals surface area contributed by atoms with Gasteiger partial charge < -0.3 is 0 Å². The van der Waals surface area contributed by atoms with Crippen molar-refractivity contribution in [3.63, 3.8) is 0 Å². The SMILES string of the molecule is O=C(/C=C/c1cccc([SH](=O)=O)c1)NO. The first-order valence-corrected chi connectivity index (χ1v) is 5.18. The average molecular weight is 227 g/mol. The Kier molecular flexibility index (Phi) is 4.02. The lowest BCUT2D eigenvalue weighted by Crippen LogP contribution is -2.14. The van der Waals surface area contributed by atoms with Gasteiger partial charge in [0.1, 0.15) is 0 Å². The van der Waals surface area contributed by atoms with Gasteiger partial charge in [0.25, 0.3) is 5.91 Å². The molecule has 0 aliphatic rings. The van der Waals surface area contributed by atoms with Crippen LogP contribution in [0.5, 0.6) is 0 Å². The van der Waals surface area contributed by atoms with Crippen LogP contribution in [0.1, 0.15) is 5.56 Å². The highest BCUT2D eigenvalue weighted by Gasteiger charge is 1.95. The first-order chi connectivity index (χ1) is 7.13. The molecule has 0 aliphatic heterocycles. The number of hydroxylamine groups is 1. The van der Waals surface area contributed by atoms with Crippen molar-refractivity contribution in [3.05, 3.63) is 35.9 Å². The number of hydrogen-bond acceptors (Lipinski definition) is 4. The number of nitrogens with one attached hydrogen (secondary N) is 1. The predicted octanol–water partition coefficient (Wildman–Crippen LogP) is 0.176. The largest absolute Gasteiger partial charge is 0.288 e. The second-order valence-corrected chi connectivity index (χ2v) is 3.69. The van der Waals surface area contributed by atoms with Crippen LogP contribution in [-0.4, -0.2) is 19.5 Å². The minimum absolute atomic E-state index is 0.177. The summed E-state index contributed by atoms with van der Waals surface area (Å²) in [5.74, 6) is -0.674. The van der Waals surface area contributed by atoms with Crippen LogP contribution in [0.4, 0.5) is 0 Å². The van der Waals surface area contributed by atoms with Gasteiger partial charge in [-0.05, 0) is 23.8 Å². The molecule has 1 rings (SSSR count). The maximum absolute atomic E-state index is 10.6. The summed E-state index contributed by atoms with van der Waals surface area (Å²) in [6, 6.07) is 6.09. The summed E-state index contributed by atoms with van der Waals surface area (Å²) >= 11 is 0. The van der Waals surface area contributed by atoms with E-state index in [-0.39, 0.29) is 4.90 Å². The number of benzene rings is 1. The summed E-state index contributed by atoms with van der Waals surface area (Å²) in [5, 5.41) is 8.21. The number of hydrogen-bond donors (Lipinski definition) is 3. The van der Waals surface area contributed by atoms with Crippen LogP contribution >= 0.6 is 0 Å². The first-order valence-electron chi connectivity index (χ1n) is 4.00. The molecule has 0 atom stereocenters. The minimum atomic E-state index is -2.63. The number of carbonyl (C=O) groups is 1. The zero-order chi connectivity index (χ0) is 11.3. The monoisotopic (exact) mass is 227 g/mol. The van der Waals surface area contributed by atoms with E-state index in [1.165, 1.54) is 23.7 Å². The molecule has 15 heavy (non-hydrogen) atoms. The lowest BCUT2D eigenvalue weighted by Gasteiger charge is -1.94. The van der Waals surface area contributed by atoms with Gasteiger partial charge in [-0.1, -0.05) is 12.1 Å². The van der Waals surface area contributed by atoms with E-state index in [1.807, 2.05) is 0 Å². The Hall–Kier alpha value is -1.66. The van der Waals surface area contributed by atoms with E-state index in [1.54, 1.807) is 12.1 Å². The van der Waals surface area contributed by atoms with Gasteiger partial charge in [-0.2, -0.15) is 0 Å². The van der Waals surface area contributed by atoms with Crippen molar-refractivity contribution < 1.29 is 18.4 Å². The summed E-state index contributed by atoms with van der Waals surface area (Å²) in [5.41, 5.74) is 1.99. The molecule has 1 amide bonds. The molecule has 0 spiro atoms. The van der Waals surface area contributed by atoms with E-state index in [0.29, 0.717) is 5.56 Å². The zero-order valence-electron chi connectivity index (χ0n) is 7.58. The third kappa shape index (κ3) is 3.53. The van der Waals surface area contributed by atoms with Crippen molar-refractivity contribution in [2.45, 2.75) is 4.90 Å². The van der Waals surface area contributed by atoms with Gasteiger partial charge in [-0.25, -0.2) is 13.9 Å². The third-order valence-corrected chi connectivity index (χ3v) is 2.32. The fourth-order valence-corrected chi connectivity index (χ4v) is 1.41. The minimum Gasteiger partial charge on any atom is -0.288 e. The van der Waals surface area contributed by atoms with Crippen LogP contribution in [-0.2, 0) is 15.5 Å². The molecule has 0 aliphatic carbocycles. The van der Waals surface area contributed by atoms with E-state index in [0.717, 1.165) is 6.08 Å². The molecule has 0 bridgehead atoms. The number of thiol groups is 1.